The van der Waals surface area contributed by atoms with E-state index in [2.05, 4.69) is 150 Å². The summed E-state index contributed by atoms with van der Waals surface area (Å²) in [7, 11) is 0. The maximum atomic E-state index is 6.63. The summed E-state index contributed by atoms with van der Waals surface area (Å²) in [5.41, 5.74) is 15.2. The summed E-state index contributed by atoms with van der Waals surface area (Å²) in [5, 5.41) is 4.26. The van der Waals surface area contributed by atoms with E-state index in [-0.39, 0.29) is 0 Å². The van der Waals surface area contributed by atoms with E-state index in [9.17, 15) is 0 Å². The van der Waals surface area contributed by atoms with Crippen molar-refractivity contribution in [1.29, 1.82) is 0 Å². The van der Waals surface area contributed by atoms with Gasteiger partial charge in [-0.2, -0.15) is 0 Å². The van der Waals surface area contributed by atoms with Gasteiger partial charge in [0.2, 0.25) is 5.89 Å². The molecule has 0 aliphatic rings. The number of rotatable bonds is 7. The van der Waals surface area contributed by atoms with Gasteiger partial charge in [0.05, 0.1) is 5.56 Å². The summed E-state index contributed by atoms with van der Waals surface area (Å²) in [6.45, 7) is 0. The van der Waals surface area contributed by atoms with Crippen molar-refractivity contribution in [3.05, 3.63) is 206 Å². The van der Waals surface area contributed by atoms with E-state index in [0.717, 1.165) is 105 Å². The minimum atomic E-state index is 0.574. The van der Waals surface area contributed by atoms with Crippen LogP contribution in [0, 0.1) is 0 Å². The second-order valence-electron chi connectivity index (χ2n) is 15.1. The highest BCUT2D eigenvalue weighted by Crippen LogP contribution is 2.44. The Balaban J connectivity index is 1.000. The fraction of sp³-hybridized carbons (Fsp3) is 0. The van der Waals surface area contributed by atoms with Crippen molar-refractivity contribution in [3.8, 4) is 44.8 Å². The Bertz CT molecular complexity index is 3530. The summed E-state index contributed by atoms with van der Waals surface area (Å²) in [6.07, 6.45) is 0. The van der Waals surface area contributed by atoms with E-state index >= 15 is 0 Å². The normalized spacial score (nSPS) is 11.7. The van der Waals surface area contributed by atoms with E-state index in [1.165, 1.54) is 0 Å². The van der Waals surface area contributed by atoms with Crippen LogP contribution in [0.5, 0.6) is 0 Å². The van der Waals surface area contributed by atoms with Gasteiger partial charge in [0.15, 0.2) is 5.58 Å². The van der Waals surface area contributed by atoms with Gasteiger partial charge in [-0.15, -0.1) is 0 Å². The van der Waals surface area contributed by atoms with Gasteiger partial charge in [-0.05, 0) is 89.0 Å². The molecular formula is C55H34N2O3. The summed E-state index contributed by atoms with van der Waals surface area (Å²) in [5.74, 6) is 0.574. The molecule has 0 unspecified atom stereocenters. The first-order valence-corrected chi connectivity index (χ1v) is 20.1. The molecule has 12 rings (SSSR count). The van der Waals surface area contributed by atoms with Crippen molar-refractivity contribution >= 4 is 72.0 Å². The lowest BCUT2D eigenvalue weighted by molar-refractivity contribution is 0.620. The van der Waals surface area contributed by atoms with Crippen LogP contribution >= 0.6 is 0 Å². The molecular weight excluding hydrogens is 737 g/mol. The zero-order chi connectivity index (χ0) is 39.6. The number of fused-ring (bicyclic) bond motifs is 7. The first kappa shape index (κ1) is 33.9. The van der Waals surface area contributed by atoms with E-state index in [4.69, 9.17) is 18.2 Å². The monoisotopic (exact) mass is 770 g/mol. The second kappa shape index (κ2) is 13.8. The first-order valence-electron chi connectivity index (χ1n) is 20.1. The van der Waals surface area contributed by atoms with Gasteiger partial charge in [0, 0.05) is 49.7 Å². The zero-order valence-electron chi connectivity index (χ0n) is 32.2. The molecule has 0 aliphatic carbocycles. The van der Waals surface area contributed by atoms with Crippen LogP contribution in [-0.4, -0.2) is 4.98 Å². The first-order chi connectivity index (χ1) is 29.7. The number of benzene rings is 9. The minimum absolute atomic E-state index is 0.574. The number of para-hydroxylation sites is 3. The van der Waals surface area contributed by atoms with Gasteiger partial charge in [0.25, 0.3) is 0 Å². The lowest BCUT2D eigenvalue weighted by Gasteiger charge is -2.26. The van der Waals surface area contributed by atoms with Gasteiger partial charge >= 0.3 is 0 Å². The highest BCUT2D eigenvalue weighted by molar-refractivity contribution is 6.17. The summed E-state index contributed by atoms with van der Waals surface area (Å²) in [4.78, 5) is 7.40. The molecule has 0 atom stereocenters. The molecule has 0 fully saturated rings. The third-order valence-electron chi connectivity index (χ3n) is 11.5. The summed E-state index contributed by atoms with van der Waals surface area (Å²) in [6, 6.07) is 71.5. The summed E-state index contributed by atoms with van der Waals surface area (Å²) < 4.78 is 19.5. The number of anilines is 3. The van der Waals surface area contributed by atoms with Gasteiger partial charge in [-0.3, -0.25) is 0 Å². The molecule has 5 heteroatoms. The lowest BCUT2D eigenvalue weighted by Crippen LogP contribution is -2.10. The average Bonchev–Trinajstić information content (AvgIpc) is 4.03. The van der Waals surface area contributed by atoms with Gasteiger partial charge in [0.1, 0.15) is 27.8 Å². The van der Waals surface area contributed by atoms with Crippen LogP contribution in [0.15, 0.2) is 220 Å². The van der Waals surface area contributed by atoms with Crippen molar-refractivity contribution in [1.82, 2.24) is 4.98 Å². The standard InChI is InChI=1S/C55H34N2O3/c1-3-13-35(14-4-1)39-17-11-18-42(33-39)57(40-29-25-36(26-30-40)43-21-12-22-46-44-19-7-9-23-48(44)58-53(43)46)41-31-27-37(28-32-41)51-52-50(60-55(56-52)38-15-5-2-6-16-38)34-47-45-20-8-10-24-49(45)59-54(47)51/h1-34H. The van der Waals surface area contributed by atoms with Crippen LogP contribution < -0.4 is 4.90 Å². The highest BCUT2D eigenvalue weighted by Gasteiger charge is 2.22. The second-order valence-corrected chi connectivity index (χ2v) is 15.1. The van der Waals surface area contributed by atoms with Crippen LogP contribution in [0.2, 0.25) is 0 Å². The van der Waals surface area contributed by atoms with Crippen molar-refractivity contribution in [2.24, 2.45) is 0 Å². The molecule has 282 valence electrons. The van der Waals surface area contributed by atoms with Crippen LogP contribution in [0.25, 0.3) is 99.8 Å². The van der Waals surface area contributed by atoms with E-state index in [1.807, 2.05) is 60.7 Å². The molecule has 12 aromatic rings. The third-order valence-corrected chi connectivity index (χ3v) is 11.5. The maximum Gasteiger partial charge on any atom is 0.227 e. The predicted molar refractivity (Wildman–Crippen MR) is 245 cm³/mol. The largest absolute Gasteiger partial charge is 0.455 e. The van der Waals surface area contributed by atoms with Crippen molar-refractivity contribution in [2.75, 3.05) is 4.90 Å². The number of aromatic nitrogens is 1. The highest BCUT2D eigenvalue weighted by atomic mass is 16.4. The van der Waals surface area contributed by atoms with E-state index < -0.39 is 0 Å². The molecule has 0 spiro atoms. The Morgan fingerprint density at radius 2 is 0.900 bits per heavy atom. The Hall–Kier alpha value is -8.15. The van der Waals surface area contributed by atoms with Crippen molar-refractivity contribution in [2.45, 2.75) is 0 Å². The fourth-order valence-corrected chi connectivity index (χ4v) is 8.66. The molecule has 5 nitrogen and oxygen atoms in total. The quantitative estimate of drug-likeness (QED) is 0.162. The Morgan fingerprint density at radius 3 is 1.62 bits per heavy atom. The topological polar surface area (TPSA) is 55.6 Å². The maximum absolute atomic E-state index is 6.63. The predicted octanol–water partition coefficient (Wildman–Crippen LogP) is 15.8. The SMILES string of the molecule is c1ccc(-c2cccc(N(c3ccc(-c4cccc5c4oc4ccccc45)cc3)c3ccc(-c4c5nc(-c6ccccc6)oc5cc5c4oc4ccccc45)cc3)c2)cc1. The minimum Gasteiger partial charge on any atom is -0.455 e. The molecule has 0 saturated heterocycles. The molecule has 9 aromatic carbocycles. The van der Waals surface area contributed by atoms with E-state index in [0.29, 0.717) is 11.5 Å². The fourth-order valence-electron chi connectivity index (χ4n) is 8.66. The average molecular weight is 771 g/mol. The van der Waals surface area contributed by atoms with Crippen LogP contribution in [-0.2, 0) is 0 Å². The van der Waals surface area contributed by atoms with Crippen molar-refractivity contribution < 1.29 is 13.3 Å². The number of hydrogen-bond donors (Lipinski definition) is 0. The molecule has 3 heterocycles. The van der Waals surface area contributed by atoms with Crippen LogP contribution in [0.3, 0.4) is 0 Å². The zero-order valence-corrected chi connectivity index (χ0v) is 32.2. The van der Waals surface area contributed by atoms with E-state index in [1.54, 1.807) is 0 Å². The molecule has 0 bridgehead atoms. The molecule has 60 heavy (non-hydrogen) atoms. The summed E-state index contributed by atoms with van der Waals surface area (Å²) >= 11 is 0. The van der Waals surface area contributed by atoms with Crippen LogP contribution in [0.1, 0.15) is 0 Å². The van der Waals surface area contributed by atoms with Gasteiger partial charge in [-0.25, -0.2) is 4.98 Å². The Kier molecular flexibility index (Phi) is 7.78. The molecule has 0 N–H and O–H groups in total. The molecule has 0 saturated carbocycles. The molecule has 0 radical (unpaired) electrons. The Morgan fingerprint density at radius 1 is 0.333 bits per heavy atom. The van der Waals surface area contributed by atoms with Crippen LogP contribution in [0.4, 0.5) is 17.1 Å². The number of furan rings is 2. The third kappa shape index (κ3) is 5.59. The molecule has 3 aromatic heterocycles. The molecule has 0 amide bonds. The Labute approximate surface area is 345 Å². The van der Waals surface area contributed by atoms with Gasteiger partial charge < -0.3 is 18.2 Å². The van der Waals surface area contributed by atoms with Gasteiger partial charge in [-0.1, -0.05) is 140 Å². The van der Waals surface area contributed by atoms with Crippen molar-refractivity contribution in [3.63, 3.8) is 0 Å². The smallest absolute Gasteiger partial charge is 0.227 e. The number of oxazole rings is 1. The molecule has 0 aliphatic heterocycles. The number of hydrogen-bond acceptors (Lipinski definition) is 5. The number of nitrogens with zero attached hydrogens (tertiary/aromatic N) is 2. The lowest BCUT2D eigenvalue weighted by atomic mass is 9.99.